The number of hydrogen-bond acceptors (Lipinski definition) is 1. The average molecular weight is 572 g/mol. The highest BCUT2D eigenvalue weighted by Gasteiger charge is 2.21. The van der Waals surface area contributed by atoms with Crippen molar-refractivity contribution in [2.75, 3.05) is 0 Å². The zero-order chi connectivity index (χ0) is 50.1. The highest BCUT2D eigenvalue weighted by Crippen LogP contribution is 2.48. The van der Waals surface area contributed by atoms with Crippen molar-refractivity contribution in [1.29, 1.82) is 0 Å². The third kappa shape index (κ3) is 3.65. The van der Waals surface area contributed by atoms with Crippen LogP contribution in [0.1, 0.15) is 34.3 Å². The van der Waals surface area contributed by atoms with E-state index in [2.05, 4.69) is 0 Å². The van der Waals surface area contributed by atoms with Gasteiger partial charge in [0.25, 0.3) is 0 Å². The highest BCUT2D eigenvalue weighted by atomic mass is 16.3. The van der Waals surface area contributed by atoms with Crippen LogP contribution >= 0.6 is 0 Å². The van der Waals surface area contributed by atoms with Crippen LogP contribution in [0, 0.1) is 0 Å². The van der Waals surface area contributed by atoms with Crippen LogP contribution in [0.4, 0.5) is 0 Å². The van der Waals surface area contributed by atoms with Gasteiger partial charge in [0.1, 0.15) is 11.2 Å². The second kappa shape index (κ2) is 9.44. The quantitative estimate of drug-likeness (QED) is 0.192. The Kier molecular flexibility index (Phi) is 2.19. The molecule has 8 aromatic carbocycles. The van der Waals surface area contributed by atoms with Crippen LogP contribution in [0.5, 0.6) is 0 Å². The van der Waals surface area contributed by atoms with E-state index in [9.17, 15) is 9.60 Å². The predicted octanol–water partition coefficient (Wildman–Crippen LogP) is 12.0. The molecule has 0 N–H and O–H groups in total. The SMILES string of the molecule is [2H]c1cc([2H])c(-c2c([2H])c([2H])c([2H])c([2H])c2-c2c3c([2H])c([2H])c([2H])c([2H])c3c(-c3c([2H])c([2H])c([2H])c4oc5c([2H])c6c([2H])c([2H])c([2H])c([2H])c6c([2H])c5c34)c3c([2H])c([2H])c([2H])c([2H])c23)c([2H])c1[2H]. The Morgan fingerprint density at radius 3 is 1.67 bits per heavy atom. The first-order valence-corrected chi connectivity index (χ1v) is 12.7. The van der Waals surface area contributed by atoms with Gasteiger partial charge >= 0.3 is 0 Å². The van der Waals surface area contributed by atoms with E-state index in [-0.39, 0.29) is 0 Å². The Morgan fingerprint density at radius 1 is 0.395 bits per heavy atom. The Bertz CT molecular complexity index is 3830. The summed E-state index contributed by atoms with van der Waals surface area (Å²) in [4.78, 5) is 0. The Labute approximate surface area is 284 Å². The molecule has 1 heteroatoms. The zero-order valence-electron chi connectivity index (χ0n) is 46.5. The van der Waals surface area contributed by atoms with Crippen LogP contribution in [0.3, 0.4) is 0 Å². The Morgan fingerprint density at radius 2 is 0.953 bits per heavy atom. The molecule has 200 valence electrons. The summed E-state index contributed by atoms with van der Waals surface area (Å²) in [6.45, 7) is 0. The zero-order valence-corrected chi connectivity index (χ0v) is 21.5. The topological polar surface area (TPSA) is 13.1 Å². The van der Waals surface area contributed by atoms with Crippen LogP contribution in [-0.4, -0.2) is 0 Å². The molecule has 9 rings (SSSR count). The van der Waals surface area contributed by atoms with Crippen LogP contribution in [0.25, 0.3) is 87.6 Å². The maximum atomic E-state index is 9.51. The third-order valence-corrected chi connectivity index (χ3v) is 7.06. The van der Waals surface area contributed by atoms with Crippen LogP contribution in [0.2, 0.25) is 0 Å². The van der Waals surface area contributed by atoms with Crippen molar-refractivity contribution < 1.29 is 38.7 Å². The summed E-state index contributed by atoms with van der Waals surface area (Å²) in [6.07, 6.45) is 0. The molecular weight excluding hydrogens is 520 g/mol. The smallest absolute Gasteiger partial charge is 0.136 e. The number of furan rings is 1. The molecule has 1 aromatic heterocycles. The Balaban J connectivity index is 1.69. The lowest BCUT2D eigenvalue weighted by Gasteiger charge is -2.20. The molecule has 0 saturated carbocycles. The molecule has 1 heterocycles. The van der Waals surface area contributed by atoms with E-state index in [0.29, 0.717) is 0 Å². The van der Waals surface area contributed by atoms with Gasteiger partial charge in [-0.3, -0.25) is 0 Å². The van der Waals surface area contributed by atoms with Crippen molar-refractivity contribution in [2.45, 2.75) is 0 Å². The van der Waals surface area contributed by atoms with Gasteiger partial charge in [-0.05, 0) is 83.8 Å². The van der Waals surface area contributed by atoms with Gasteiger partial charge in [0.15, 0.2) is 0 Å². The number of rotatable bonds is 3. The molecule has 43 heavy (non-hydrogen) atoms. The lowest BCUT2D eigenvalue weighted by molar-refractivity contribution is 0.669. The van der Waals surface area contributed by atoms with E-state index >= 15 is 0 Å². The van der Waals surface area contributed by atoms with E-state index in [4.69, 9.17) is 29.1 Å². The van der Waals surface area contributed by atoms with Crippen LogP contribution in [0.15, 0.2) is 162 Å². The summed E-state index contributed by atoms with van der Waals surface area (Å²) in [6, 6.07) is -21.0. The molecule has 0 saturated heterocycles. The second-order valence-corrected chi connectivity index (χ2v) is 9.32. The second-order valence-electron chi connectivity index (χ2n) is 9.32. The molecule has 0 fully saturated rings. The number of benzene rings is 8. The van der Waals surface area contributed by atoms with Crippen molar-refractivity contribution in [1.82, 2.24) is 0 Å². The summed E-state index contributed by atoms with van der Waals surface area (Å²) < 4.78 is 230. The molecule has 1 nitrogen and oxygen atoms in total. The maximum absolute atomic E-state index is 9.51. The molecule has 0 aliphatic carbocycles. The van der Waals surface area contributed by atoms with Crippen LogP contribution in [-0.2, 0) is 0 Å². The number of fused-ring (bicyclic) bond motifs is 6. The molecule has 9 aromatic rings. The van der Waals surface area contributed by atoms with Gasteiger partial charge in [0, 0.05) is 10.8 Å². The minimum atomic E-state index is -0.994. The average Bonchev–Trinajstić information content (AvgIpc) is 3.71. The van der Waals surface area contributed by atoms with E-state index in [1.165, 1.54) is 0 Å². The fourth-order valence-corrected chi connectivity index (χ4v) is 5.33. The van der Waals surface area contributed by atoms with Gasteiger partial charge in [-0.2, -0.15) is 0 Å². The van der Waals surface area contributed by atoms with Crippen LogP contribution < -0.4 is 0 Å². The van der Waals surface area contributed by atoms with E-state index in [0.717, 1.165) is 6.07 Å². The predicted molar refractivity (Wildman–Crippen MR) is 183 cm³/mol. The maximum Gasteiger partial charge on any atom is 0.136 e. The van der Waals surface area contributed by atoms with Gasteiger partial charge < -0.3 is 4.42 Å². The summed E-state index contributed by atoms with van der Waals surface area (Å²) >= 11 is 0. The molecular formula is C42H26O. The van der Waals surface area contributed by atoms with Crippen molar-refractivity contribution >= 4 is 54.3 Å². The summed E-state index contributed by atoms with van der Waals surface area (Å²) in [5.74, 6) is 0. The van der Waals surface area contributed by atoms with Crippen molar-refractivity contribution in [3.05, 3.63) is 157 Å². The van der Waals surface area contributed by atoms with E-state index in [1.807, 2.05) is 0 Å². The molecule has 0 aliphatic rings. The fraction of sp³-hybridized carbons (Fsp3) is 0. The highest BCUT2D eigenvalue weighted by molar-refractivity contribution is 6.26. The van der Waals surface area contributed by atoms with Crippen molar-refractivity contribution in [3.8, 4) is 33.4 Å². The van der Waals surface area contributed by atoms with E-state index < -0.39 is 239 Å². The molecule has 0 atom stereocenters. The molecule has 0 unspecified atom stereocenters. The summed E-state index contributed by atoms with van der Waals surface area (Å²) in [7, 11) is 0. The van der Waals surface area contributed by atoms with Crippen molar-refractivity contribution in [2.24, 2.45) is 0 Å². The summed E-state index contributed by atoms with van der Waals surface area (Å²) in [5.41, 5.74) is -5.37. The minimum Gasteiger partial charge on any atom is -0.456 e. The lowest BCUT2D eigenvalue weighted by Crippen LogP contribution is -1.93. The van der Waals surface area contributed by atoms with Crippen molar-refractivity contribution in [3.63, 3.8) is 0 Å². The normalized spacial score (nSPS) is 19.9. The first-order valence-electron chi connectivity index (χ1n) is 25.2. The third-order valence-electron chi connectivity index (χ3n) is 7.06. The molecule has 0 spiro atoms. The fourth-order valence-electron chi connectivity index (χ4n) is 5.33. The monoisotopic (exact) mass is 571 g/mol. The first kappa shape index (κ1) is 9.97. The van der Waals surface area contributed by atoms with Gasteiger partial charge in [-0.25, -0.2) is 0 Å². The first-order chi connectivity index (χ1) is 31.7. The lowest BCUT2D eigenvalue weighted by atomic mass is 9.83. The number of hydrogen-bond donors (Lipinski definition) is 0. The van der Waals surface area contributed by atoms with Gasteiger partial charge in [-0.1, -0.05) is 139 Å². The molecule has 0 bridgehead atoms. The minimum absolute atomic E-state index is 0.467. The largest absolute Gasteiger partial charge is 0.456 e. The van der Waals surface area contributed by atoms with Gasteiger partial charge in [-0.15, -0.1) is 0 Å². The molecule has 0 aliphatic heterocycles. The van der Waals surface area contributed by atoms with E-state index in [1.54, 1.807) is 0 Å². The standard InChI is InChI=1S/C42H26O/c1-2-13-27(14-3-1)30-17-6-7-18-31(30)40-32-19-8-10-21-34(32)41(35-22-11-9-20-33(35)40)36-23-12-24-38-42(36)37-25-28-15-4-5-16-29(28)26-39(37)43-38/h1-26H/i1D,2D,4D,5D,6D,7D,8D,9D,10D,11D,12D,13D,14D,15D,16D,17D,18D,19D,20D,21D,22D,23D,24D,25D,26D. The summed E-state index contributed by atoms with van der Waals surface area (Å²) in [5, 5.41) is -4.81. The molecule has 0 amide bonds. The Hall–Kier alpha value is -5.66. The molecule has 0 radical (unpaired) electrons. The van der Waals surface area contributed by atoms with Gasteiger partial charge in [0.2, 0.25) is 0 Å². The van der Waals surface area contributed by atoms with Gasteiger partial charge in [0.05, 0.1) is 34.3 Å².